The van der Waals surface area contributed by atoms with Crippen molar-refractivity contribution < 1.29 is 22.7 Å². The Balaban J connectivity index is 1.64. The van der Waals surface area contributed by atoms with Gasteiger partial charge in [-0.1, -0.05) is 30.5 Å². The molecule has 0 radical (unpaired) electrons. The van der Waals surface area contributed by atoms with Gasteiger partial charge in [-0.25, -0.2) is 8.42 Å². The van der Waals surface area contributed by atoms with Crippen LogP contribution in [0.1, 0.15) is 61.0 Å². The van der Waals surface area contributed by atoms with Crippen molar-refractivity contribution >= 4 is 27.7 Å². The summed E-state index contributed by atoms with van der Waals surface area (Å²) < 4.78 is 34.3. The Labute approximate surface area is 200 Å². The molecule has 0 spiro atoms. The van der Waals surface area contributed by atoms with Crippen LogP contribution in [-0.2, 0) is 24.3 Å². The third-order valence-corrected chi connectivity index (χ3v) is 7.74. The predicted octanol–water partition coefficient (Wildman–Crippen LogP) is 3.25. The molecular weight excluding hydrogens is 456 g/mol. The van der Waals surface area contributed by atoms with Gasteiger partial charge in [0.25, 0.3) is 5.91 Å². The molecule has 34 heavy (non-hydrogen) atoms. The van der Waals surface area contributed by atoms with Crippen molar-refractivity contribution in [3.05, 3.63) is 46.6 Å². The van der Waals surface area contributed by atoms with E-state index >= 15 is 0 Å². The SMILES string of the molecule is Cc1ccc(S(=O)(=O)N[C@@H](C)C(=O)OCC(=O)Nc2c(C#N)c(C)c(C)n2C2CCCC2)cc1. The first-order chi connectivity index (χ1) is 16.0. The van der Waals surface area contributed by atoms with E-state index < -0.39 is 34.5 Å². The molecule has 1 aliphatic rings. The summed E-state index contributed by atoms with van der Waals surface area (Å²) in [6.45, 7) is 6.34. The van der Waals surface area contributed by atoms with Gasteiger partial charge in [0.15, 0.2) is 6.61 Å². The number of carbonyl (C=O) groups is 2. The average molecular weight is 487 g/mol. The molecule has 0 bridgehead atoms. The molecule has 1 heterocycles. The molecule has 0 saturated heterocycles. The van der Waals surface area contributed by atoms with E-state index in [2.05, 4.69) is 16.1 Å². The summed E-state index contributed by atoms with van der Waals surface area (Å²) in [5.74, 6) is -1.07. The molecular formula is C24H30N4O5S. The Kier molecular flexibility index (Phi) is 7.79. The number of amides is 1. The molecule has 1 aromatic heterocycles. The van der Waals surface area contributed by atoms with Gasteiger partial charge in [0, 0.05) is 11.7 Å². The summed E-state index contributed by atoms with van der Waals surface area (Å²) >= 11 is 0. The topological polar surface area (TPSA) is 130 Å². The van der Waals surface area contributed by atoms with Gasteiger partial charge < -0.3 is 14.6 Å². The first-order valence-electron chi connectivity index (χ1n) is 11.2. The molecule has 1 amide bonds. The van der Waals surface area contributed by atoms with Crippen LogP contribution < -0.4 is 10.0 Å². The molecule has 10 heteroatoms. The van der Waals surface area contributed by atoms with Crippen LogP contribution in [0.2, 0.25) is 0 Å². The molecule has 3 rings (SSSR count). The first-order valence-corrected chi connectivity index (χ1v) is 12.7. The summed E-state index contributed by atoms with van der Waals surface area (Å²) in [6.07, 6.45) is 4.11. The molecule has 1 aromatic carbocycles. The van der Waals surface area contributed by atoms with Crippen LogP contribution in [-0.4, -0.2) is 37.5 Å². The van der Waals surface area contributed by atoms with Crippen LogP contribution in [0.25, 0.3) is 0 Å². The number of nitriles is 1. The minimum atomic E-state index is -3.93. The van der Waals surface area contributed by atoms with Crippen molar-refractivity contribution in [2.75, 3.05) is 11.9 Å². The zero-order valence-electron chi connectivity index (χ0n) is 19.8. The number of esters is 1. The van der Waals surface area contributed by atoms with Crippen molar-refractivity contribution in [2.24, 2.45) is 0 Å². The number of anilines is 1. The lowest BCUT2D eigenvalue weighted by Gasteiger charge is -2.19. The molecule has 2 N–H and O–H groups in total. The van der Waals surface area contributed by atoms with E-state index in [1.165, 1.54) is 19.1 Å². The Morgan fingerprint density at radius 2 is 1.79 bits per heavy atom. The summed E-state index contributed by atoms with van der Waals surface area (Å²) in [5, 5.41) is 12.4. The van der Waals surface area contributed by atoms with E-state index in [1.54, 1.807) is 12.1 Å². The van der Waals surface area contributed by atoms with Crippen LogP contribution in [0.5, 0.6) is 0 Å². The maximum atomic E-state index is 12.6. The second-order valence-corrected chi connectivity index (χ2v) is 10.4. The standard InChI is InChI=1S/C24H30N4O5S/c1-15-9-11-20(12-10-15)34(31,32)27-17(3)24(30)33-14-22(29)26-23-21(13-25)16(2)18(4)28(23)19-7-5-6-8-19/h9-12,17,19,27H,5-8,14H2,1-4H3,(H,26,29)/t17-/m0/s1. The molecule has 1 saturated carbocycles. The fourth-order valence-corrected chi connectivity index (χ4v) is 5.39. The molecule has 1 fully saturated rings. The van der Waals surface area contributed by atoms with Gasteiger partial charge in [0.2, 0.25) is 10.0 Å². The Morgan fingerprint density at radius 1 is 1.18 bits per heavy atom. The van der Waals surface area contributed by atoms with Gasteiger partial charge in [-0.05, 0) is 58.2 Å². The molecule has 0 unspecified atom stereocenters. The van der Waals surface area contributed by atoms with Gasteiger partial charge in [-0.2, -0.15) is 9.98 Å². The molecule has 9 nitrogen and oxygen atoms in total. The van der Waals surface area contributed by atoms with E-state index in [0.717, 1.165) is 42.5 Å². The molecule has 0 aliphatic heterocycles. The van der Waals surface area contributed by atoms with Crippen molar-refractivity contribution in [2.45, 2.75) is 70.4 Å². The van der Waals surface area contributed by atoms with Crippen molar-refractivity contribution in [3.63, 3.8) is 0 Å². The number of nitrogens with zero attached hydrogens (tertiary/aromatic N) is 2. The monoisotopic (exact) mass is 486 g/mol. The number of rotatable bonds is 8. The lowest BCUT2D eigenvalue weighted by molar-refractivity contribution is -0.148. The predicted molar refractivity (Wildman–Crippen MR) is 127 cm³/mol. The van der Waals surface area contributed by atoms with Gasteiger partial charge in [-0.15, -0.1) is 0 Å². The van der Waals surface area contributed by atoms with Crippen molar-refractivity contribution in [1.29, 1.82) is 5.26 Å². The van der Waals surface area contributed by atoms with Gasteiger partial charge in [0.1, 0.15) is 17.9 Å². The number of aromatic nitrogens is 1. The molecule has 1 aliphatic carbocycles. The largest absolute Gasteiger partial charge is 0.454 e. The number of benzene rings is 1. The third kappa shape index (κ3) is 5.48. The first kappa shape index (κ1) is 25.5. The minimum Gasteiger partial charge on any atom is -0.454 e. The minimum absolute atomic E-state index is 0.0259. The lowest BCUT2D eigenvalue weighted by Crippen LogP contribution is -2.40. The Hall–Kier alpha value is -3.16. The van der Waals surface area contributed by atoms with Crippen LogP contribution in [0, 0.1) is 32.1 Å². The van der Waals surface area contributed by atoms with Gasteiger partial charge >= 0.3 is 5.97 Å². The second kappa shape index (κ2) is 10.4. The highest BCUT2D eigenvalue weighted by Crippen LogP contribution is 2.37. The van der Waals surface area contributed by atoms with E-state index in [4.69, 9.17) is 4.74 Å². The van der Waals surface area contributed by atoms with Crippen LogP contribution in [0.4, 0.5) is 5.82 Å². The van der Waals surface area contributed by atoms with E-state index in [-0.39, 0.29) is 10.9 Å². The van der Waals surface area contributed by atoms with E-state index in [1.807, 2.05) is 25.3 Å². The highest BCUT2D eigenvalue weighted by atomic mass is 32.2. The quantitative estimate of drug-likeness (QED) is 0.551. The summed E-state index contributed by atoms with van der Waals surface area (Å²) in [4.78, 5) is 24.9. The number of ether oxygens (including phenoxy) is 1. The Morgan fingerprint density at radius 3 is 2.38 bits per heavy atom. The zero-order chi connectivity index (χ0) is 25.0. The van der Waals surface area contributed by atoms with E-state index in [9.17, 15) is 23.3 Å². The number of hydrogen-bond donors (Lipinski definition) is 2. The number of hydrogen-bond acceptors (Lipinski definition) is 6. The summed E-state index contributed by atoms with van der Waals surface area (Å²) in [5.41, 5.74) is 3.03. The number of aryl methyl sites for hydroxylation is 1. The smallest absolute Gasteiger partial charge is 0.324 e. The van der Waals surface area contributed by atoms with Crippen molar-refractivity contribution in [1.82, 2.24) is 9.29 Å². The fraction of sp³-hybridized carbons (Fsp3) is 0.458. The highest BCUT2D eigenvalue weighted by Gasteiger charge is 2.28. The van der Waals surface area contributed by atoms with Crippen LogP contribution >= 0.6 is 0 Å². The maximum absolute atomic E-state index is 12.6. The number of sulfonamides is 1. The molecule has 1 atom stereocenters. The third-order valence-electron chi connectivity index (χ3n) is 6.18. The molecule has 2 aromatic rings. The summed E-state index contributed by atoms with van der Waals surface area (Å²) in [6, 6.07) is 7.37. The second-order valence-electron chi connectivity index (χ2n) is 8.67. The normalized spacial score (nSPS) is 15.0. The van der Waals surface area contributed by atoms with Gasteiger partial charge in [0.05, 0.1) is 10.5 Å². The lowest BCUT2D eigenvalue weighted by atomic mass is 10.2. The van der Waals surface area contributed by atoms with Gasteiger partial charge in [-0.3, -0.25) is 9.59 Å². The van der Waals surface area contributed by atoms with E-state index in [0.29, 0.717) is 11.4 Å². The van der Waals surface area contributed by atoms with Crippen LogP contribution in [0.3, 0.4) is 0 Å². The summed E-state index contributed by atoms with van der Waals surface area (Å²) in [7, 11) is -3.93. The Bertz CT molecular complexity index is 1220. The maximum Gasteiger partial charge on any atom is 0.324 e. The number of carbonyl (C=O) groups excluding carboxylic acids is 2. The number of nitrogens with one attached hydrogen (secondary N) is 2. The fourth-order valence-electron chi connectivity index (χ4n) is 4.20. The zero-order valence-corrected chi connectivity index (χ0v) is 20.7. The van der Waals surface area contributed by atoms with Crippen LogP contribution in [0.15, 0.2) is 29.2 Å². The highest BCUT2D eigenvalue weighted by molar-refractivity contribution is 7.89. The molecule has 182 valence electrons. The van der Waals surface area contributed by atoms with Crippen molar-refractivity contribution in [3.8, 4) is 6.07 Å². The average Bonchev–Trinajstić information content (AvgIpc) is 3.39.